The zero-order chi connectivity index (χ0) is 25.1. The Balaban J connectivity index is 1.17. The van der Waals surface area contributed by atoms with E-state index in [1.807, 2.05) is 48.5 Å². The standard InChI is InChI=1S/C27H17Cl2N3O2S2/c28-20-5-3-4-19(25(20)29)22-14-12-18(34-22)13-15-24(33)32-27(35)30-17-10-8-16(9-11-17)26-31-21-6-1-2-7-23(21)36-26/h1-15H,(H2,30,32,33,35). The molecule has 2 aromatic heterocycles. The first kappa shape index (κ1) is 24.2. The van der Waals surface area contributed by atoms with Gasteiger partial charge in [0.05, 0.1) is 20.3 Å². The summed E-state index contributed by atoms with van der Waals surface area (Å²) >= 11 is 19.2. The summed E-state index contributed by atoms with van der Waals surface area (Å²) in [6, 6.07) is 24.5. The minimum atomic E-state index is -0.391. The smallest absolute Gasteiger partial charge is 0.250 e. The Morgan fingerprint density at radius 1 is 0.972 bits per heavy atom. The van der Waals surface area contributed by atoms with Crippen LogP contribution < -0.4 is 10.6 Å². The van der Waals surface area contributed by atoms with E-state index in [4.69, 9.17) is 39.8 Å². The lowest BCUT2D eigenvalue weighted by molar-refractivity contribution is -0.115. The molecule has 0 atom stereocenters. The van der Waals surface area contributed by atoms with Gasteiger partial charge >= 0.3 is 0 Å². The molecule has 0 radical (unpaired) electrons. The maximum atomic E-state index is 12.3. The normalized spacial score (nSPS) is 11.2. The van der Waals surface area contributed by atoms with Gasteiger partial charge in [0, 0.05) is 22.9 Å². The van der Waals surface area contributed by atoms with Gasteiger partial charge in [0.15, 0.2) is 5.11 Å². The first-order valence-electron chi connectivity index (χ1n) is 10.8. The van der Waals surface area contributed by atoms with Crippen molar-refractivity contribution >= 4 is 79.8 Å². The molecule has 0 saturated heterocycles. The number of fused-ring (bicyclic) bond motifs is 1. The average Bonchev–Trinajstić information content (AvgIpc) is 3.52. The van der Waals surface area contributed by atoms with Gasteiger partial charge in [-0.3, -0.25) is 10.1 Å². The predicted molar refractivity (Wildman–Crippen MR) is 153 cm³/mol. The zero-order valence-electron chi connectivity index (χ0n) is 18.5. The van der Waals surface area contributed by atoms with Gasteiger partial charge in [-0.1, -0.05) is 41.4 Å². The van der Waals surface area contributed by atoms with E-state index >= 15 is 0 Å². The monoisotopic (exact) mass is 549 g/mol. The third kappa shape index (κ3) is 5.50. The molecule has 3 aromatic carbocycles. The summed E-state index contributed by atoms with van der Waals surface area (Å²) in [4.78, 5) is 17.0. The Labute approximate surface area is 226 Å². The molecule has 5 aromatic rings. The minimum Gasteiger partial charge on any atom is -0.457 e. The van der Waals surface area contributed by atoms with Crippen molar-refractivity contribution < 1.29 is 9.21 Å². The van der Waals surface area contributed by atoms with Crippen LogP contribution in [0.2, 0.25) is 10.0 Å². The molecule has 0 fully saturated rings. The minimum absolute atomic E-state index is 0.184. The summed E-state index contributed by atoms with van der Waals surface area (Å²) in [6.07, 6.45) is 2.89. The number of nitrogens with zero attached hydrogens (tertiary/aromatic N) is 1. The van der Waals surface area contributed by atoms with Gasteiger partial charge in [-0.05, 0) is 79.0 Å². The summed E-state index contributed by atoms with van der Waals surface area (Å²) in [5, 5.41) is 7.61. The van der Waals surface area contributed by atoms with Crippen molar-refractivity contribution in [1.82, 2.24) is 10.3 Å². The van der Waals surface area contributed by atoms with E-state index in [0.717, 1.165) is 26.5 Å². The third-order valence-corrected chi connectivity index (χ3v) is 7.27. The van der Waals surface area contributed by atoms with Crippen LogP contribution in [0.3, 0.4) is 0 Å². The van der Waals surface area contributed by atoms with Gasteiger partial charge < -0.3 is 9.73 Å². The van der Waals surface area contributed by atoms with Crippen molar-refractivity contribution in [2.24, 2.45) is 0 Å². The molecule has 5 rings (SSSR count). The highest BCUT2D eigenvalue weighted by atomic mass is 35.5. The van der Waals surface area contributed by atoms with Gasteiger partial charge in [-0.15, -0.1) is 11.3 Å². The lowest BCUT2D eigenvalue weighted by Crippen LogP contribution is -2.32. The summed E-state index contributed by atoms with van der Waals surface area (Å²) in [6.45, 7) is 0. The third-order valence-electron chi connectivity index (χ3n) is 5.16. The number of hydrogen-bond donors (Lipinski definition) is 2. The highest BCUT2D eigenvalue weighted by molar-refractivity contribution is 7.80. The molecule has 0 saturated carbocycles. The van der Waals surface area contributed by atoms with Crippen LogP contribution in [0.15, 0.2) is 89.4 Å². The predicted octanol–water partition coefficient (Wildman–Crippen LogP) is 8.06. The number of thiazole rings is 1. The molecule has 178 valence electrons. The van der Waals surface area contributed by atoms with Crippen LogP contribution in [-0.4, -0.2) is 16.0 Å². The number of amides is 1. The maximum absolute atomic E-state index is 12.3. The van der Waals surface area contributed by atoms with Crippen molar-refractivity contribution in [3.63, 3.8) is 0 Å². The van der Waals surface area contributed by atoms with Crippen molar-refractivity contribution in [2.75, 3.05) is 5.32 Å². The summed E-state index contributed by atoms with van der Waals surface area (Å²) in [5.41, 5.74) is 3.42. The van der Waals surface area contributed by atoms with Crippen molar-refractivity contribution in [1.29, 1.82) is 0 Å². The number of hydrogen-bond acceptors (Lipinski definition) is 5. The lowest BCUT2D eigenvalue weighted by atomic mass is 10.2. The quantitative estimate of drug-likeness (QED) is 0.171. The molecule has 1 amide bonds. The van der Waals surface area contributed by atoms with E-state index in [1.165, 1.54) is 6.08 Å². The van der Waals surface area contributed by atoms with E-state index in [0.29, 0.717) is 27.1 Å². The second-order valence-electron chi connectivity index (χ2n) is 7.64. The fraction of sp³-hybridized carbons (Fsp3) is 0. The number of carbonyl (C=O) groups excluding carboxylic acids is 1. The molecule has 36 heavy (non-hydrogen) atoms. The Morgan fingerprint density at radius 3 is 2.58 bits per heavy atom. The topological polar surface area (TPSA) is 67.2 Å². The van der Waals surface area contributed by atoms with E-state index in [2.05, 4.69) is 21.7 Å². The first-order chi connectivity index (χ1) is 17.5. The molecular formula is C27H17Cl2N3O2S2. The van der Waals surface area contributed by atoms with Crippen LogP contribution in [0.1, 0.15) is 5.76 Å². The number of anilines is 1. The van der Waals surface area contributed by atoms with Crippen LogP contribution in [0.4, 0.5) is 5.69 Å². The van der Waals surface area contributed by atoms with Gasteiger partial charge in [0.25, 0.3) is 0 Å². The summed E-state index contributed by atoms with van der Waals surface area (Å²) < 4.78 is 6.90. The van der Waals surface area contributed by atoms with Gasteiger partial charge in [0.2, 0.25) is 5.91 Å². The second kappa shape index (κ2) is 10.6. The Morgan fingerprint density at radius 2 is 1.78 bits per heavy atom. The fourth-order valence-electron chi connectivity index (χ4n) is 3.45. The Hall–Kier alpha value is -3.49. The molecular weight excluding hydrogens is 533 g/mol. The van der Waals surface area contributed by atoms with Gasteiger partial charge in [0.1, 0.15) is 16.5 Å². The van der Waals surface area contributed by atoms with Crippen LogP contribution >= 0.6 is 46.8 Å². The number of para-hydroxylation sites is 1. The molecule has 2 heterocycles. The maximum Gasteiger partial charge on any atom is 0.250 e. The molecule has 2 N–H and O–H groups in total. The molecule has 0 bridgehead atoms. The SMILES string of the molecule is O=C(C=Cc1ccc(-c2cccc(Cl)c2Cl)o1)NC(=S)Nc1ccc(-c2nc3ccccc3s2)cc1. The largest absolute Gasteiger partial charge is 0.457 e. The second-order valence-corrected chi connectivity index (χ2v) is 9.87. The number of benzene rings is 3. The highest BCUT2D eigenvalue weighted by Crippen LogP contribution is 2.34. The number of nitrogens with one attached hydrogen (secondary N) is 2. The molecule has 0 unspecified atom stereocenters. The number of furan rings is 1. The molecule has 0 aliphatic heterocycles. The lowest BCUT2D eigenvalue weighted by Gasteiger charge is -2.08. The number of thiocarbonyl (C=S) groups is 1. The molecule has 5 nitrogen and oxygen atoms in total. The molecule has 0 aliphatic carbocycles. The average molecular weight is 550 g/mol. The fourth-order valence-corrected chi connectivity index (χ4v) is 5.03. The number of halogens is 2. The van der Waals surface area contributed by atoms with Crippen LogP contribution in [0.5, 0.6) is 0 Å². The Bertz CT molecular complexity index is 1570. The number of rotatable bonds is 5. The van der Waals surface area contributed by atoms with Crippen LogP contribution in [0.25, 0.3) is 38.2 Å². The van der Waals surface area contributed by atoms with Gasteiger partial charge in [-0.25, -0.2) is 4.98 Å². The van der Waals surface area contributed by atoms with Crippen LogP contribution in [0, 0.1) is 0 Å². The molecule has 9 heteroatoms. The molecule has 0 aliphatic rings. The Kier molecular flexibility index (Phi) is 7.16. The number of carbonyl (C=O) groups is 1. The van der Waals surface area contributed by atoms with Crippen molar-refractivity contribution in [2.45, 2.75) is 0 Å². The first-order valence-corrected chi connectivity index (χ1v) is 12.7. The van der Waals surface area contributed by atoms with E-state index in [1.54, 1.807) is 41.7 Å². The van der Waals surface area contributed by atoms with Crippen LogP contribution in [-0.2, 0) is 4.79 Å². The molecule has 0 spiro atoms. The summed E-state index contributed by atoms with van der Waals surface area (Å²) in [7, 11) is 0. The highest BCUT2D eigenvalue weighted by Gasteiger charge is 2.11. The van der Waals surface area contributed by atoms with E-state index in [-0.39, 0.29) is 5.11 Å². The van der Waals surface area contributed by atoms with Gasteiger partial charge in [-0.2, -0.15) is 0 Å². The van der Waals surface area contributed by atoms with Crippen molar-refractivity contribution in [3.8, 4) is 21.9 Å². The summed E-state index contributed by atoms with van der Waals surface area (Å²) in [5.74, 6) is 0.645. The number of aromatic nitrogens is 1. The van der Waals surface area contributed by atoms with E-state index < -0.39 is 5.91 Å². The zero-order valence-corrected chi connectivity index (χ0v) is 21.6. The van der Waals surface area contributed by atoms with E-state index in [9.17, 15) is 4.79 Å². The van der Waals surface area contributed by atoms with Crippen molar-refractivity contribution in [3.05, 3.63) is 101 Å².